The maximum Gasteiger partial charge on any atom is 0.255 e. The number of methoxy groups -OCH3 is 2. The summed E-state index contributed by atoms with van der Waals surface area (Å²) in [5.74, 6) is 0.282. The zero-order chi connectivity index (χ0) is 25.5. The molecule has 0 saturated carbocycles. The number of fused-ring (bicyclic) bond motifs is 1. The van der Waals surface area contributed by atoms with Crippen LogP contribution in [0, 0.1) is 0 Å². The van der Waals surface area contributed by atoms with Gasteiger partial charge < -0.3 is 25.4 Å². The highest BCUT2D eigenvalue weighted by molar-refractivity contribution is 6.05. The van der Waals surface area contributed by atoms with Gasteiger partial charge in [0.1, 0.15) is 11.5 Å². The second-order valence-electron chi connectivity index (χ2n) is 8.29. The van der Waals surface area contributed by atoms with Crippen LogP contribution in [0.1, 0.15) is 28.9 Å². The van der Waals surface area contributed by atoms with Crippen LogP contribution >= 0.6 is 0 Å². The second kappa shape index (κ2) is 11.4. The van der Waals surface area contributed by atoms with Gasteiger partial charge in [-0.1, -0.05) is 60.7 Å². The lowest BCUT2D eigenvalue weighted by atomic mass is 10.00. The van der Waals surface area contributed by atoms with Gasteiger partial charge in [0.15, 0.2) is 0 Å². The Morgan fingerprint density at radius 2 is 1.39 bits per heavy atom. The van der Waals surface area contributed by atoms with E-state index in [1.54, 1.807) is 36.4 Å². The van der Waals surface area contributed by atoms with E-state index in [2.05, 4.69) is 40.2 Å². The van der Waals surface area contributed by atoms with Crippen LogP contribution in [0.25, 0.3) is 10.8 Å². The summed E-state index contributed by atoms with van der Waals surface area (Å²) in [6, 6.07) is 26.4. The average molecular weight is 484 g/mol. The average Bonchev–Trinajstić information content (AvgIpc) is 2.92. The molecular formula is C29H29N3O4. The molecule has 0 aliphatic carbocycles. The molecule has 0 aromatic heterocycles. The summed E-state index contributed by atoms with van der Waals surface area (Å²) in [5.41, 5.74) is 2.52. The first-order valence-electron chi connectivity index (χ1n) is 11.6. The van der Waals surface area contributed by atoms with Gasteiger partial charge in [0, 0.05) is 23.7 Å². The smallest absolute Gasteiger partial charge is 0.255 e. The van der Waals surface area contributed by atoms with Gasteiger partial charge in [-0.2, -0.15) is 0 Å². The first-order valence-corrected chi connectivity index (χ1v) is 11.6. The number of hydrogen-bond acceptors (Lipinski definition) is 5. The maximum absolute atomic E-state index is 12.8. The maximum atomic E-state index is 12.8. The van der Waals surface area contributed by atoms with Crippen molar-refractivity contribution >= 4 is 34.0 Å². The number of carbonyl (C=O) groups excluding carboxylic acids is 2. The van der Waals surface area contributed by atoms with Gasteiger partial charge in [-0.05, 0) is 35.4 Å². The summed E-state index contributed by atoms with van der Waals surface area (Å²) in [7, 11) is 3.00. The zero-order valence-electron chi connectivity index (χ0n) is 20.5. The van der Waals surface area contributed by atoms with Crippen molar-refractivity contribution in [3.63, 3.8) is 0 Å². The van der Waals surface area contributed by atoms with Crippen molar-refractivity contribution < 1.29 is 19.1 Å². The van der Waals surface area contributed by atoms with E-state index in [-0.39, 0.29) is 24.4 Å². The molecule has 0 radical (unpaired) electrons. The standard InChI is InChI=1S/C29H29N3O4/c1-19(22-15-9-13-20-10-7-8-14-23(20)22)30-18-28(33)31-24-16-27(36-3)25(17-26(24)35-2)32-29(34)21-11-5-4-6-12-21/h4-17,19,30H,18H2,1-3H3,(H,31,33)(H,32,34)/t19-/m1/s1. The fourth-order valence-electron chi connectivity index (χ4n) is 4.06. The van der Waals surface area contributed by atoms with Gasteiger partial charge in [0.25, 0.3) is 5.91 Å². The van der Waals surface area contributed by atoms with E-state index < -0.39 is 0 Å². The highest BCUT2D eigenvalue weighted by Gasteiger charge is 2.17. The molecule has 0 unspecified atom stereocenters. The largest absolute Gasteiger partial charge is 0.494 e. The first kappa shape index (κ1) is 24.8. The molecule has 4 aromatic carbocycles. The number of hydrogen-bond donors (Lipinski definition) is 3. The lowest BCUT2D eigenvalue weighted by molar-refractivity contribution is -0.115. The molecule has 0 aliphatic heterocycles. The van der Waals surface area contributed by atoms with E-state index in [0.29, 0.717) is 28.4 Å². The van der Waals surface area contributed by atoms with Crippen LogP contribution in [0.3, 0.4) is 0 Å². The Labute approximate surface area is 210 Å². The van der Waals surface area contributed by atoms with Gasteiger partial charge in [-0.25, -0.2) is 0 Å². The van der Waals surface area contributed by atoms with Crippen LogP contribution in [-0.4, -0.2) is 32.6 Å². The quantitative estimate of drug-likeness (QED) is 0.297. The molecule has 7 heteroatoms. The molecule has 2 amide bonds. The summed E-state index contributed by atoms with van der Waals surface area (Å²) in [5, 5.41) is 11.3. The van der Waals surface area contributed by atoms with Crippen molar-refractivity contribution in [2.24, 2.45) is 0 Å². The Morgan fingerprint density at radius 3 is 2.08 bits per heavy atom. The van der Waals surface area contributed by atoms with Crippen LogP contribution < -0.4 is 25.4 Å². The van der Waals surface area contributed by atoms with Crippen LogP contribution in [0.5, 0.6) is 11.5 Å². The lowest BCUT2D eigenvalue weighted by Crippen LogP contribution is -2.30. The minimum atomic E-state index is -0.278. The molecule has 36 heavy (non-hydrogen) atoms. The van der Waals surface area contributed by atoms with Crippen LogP contribution in [0.15, 0.2) is 84.9 Å². The third-order valence-corrected chi connectivity index (χ3v) is 5.94. The highest BCUT2D eigenvalue weighted by Crippen LogP contribution is 2.36. The minimum Gasteiger partial charge on any atom is -0.494 e. The summed E-state index contributed by atoms with van der Waals surface area (Å²) in [4.78, 5) is 25.4. The number of amides is 2. The van der Waals surface area contributed by atoms with E-state index in [9.17, 15) is 9.59 Å². The molecule has 0 heterocycles. The molecule has 4 rings (SSSR count). The van der Waals surface area contributed by atoms with Crippen molar-refractivity contribution in [1.82, 2.24) is 5.32 Å². The van der Waals surface area contributed by atoms with E-state index in [4.69, 9.17) is 9.47 Å². The molecule has 0 fully saturated rings. The van der Waals surface area contributed by atoms with Gasteiger partial charge >= 0.3 is 0 Å². The van der Waals surface area contributed by atoms with Crippen molar-refractivity contribution in [1.29, 1.82) is 0 Å². The number of carbonyl (C=O) groups is 2. The predicted octanol–water partition coefficient (Wildman–Crippen LogP) is 5.40. The van der Waals surface area contributed by atoms with Crippen LogP contribution in [-0.2, 0) is 4.79 Å². The van der Waals surface area contributed by atoms with Crippen molar-refractivity contribution in [3.05, 3.63) is 96.1 Å². The molecule has 184 valence electrons. The fourth-order valence-corrected chi connectivity index (χ4v) is 4.06. The van der Waals surface area contributed by atoms with Crippen LogP contribution in [0.2, 0.25) is 0 Å². The summed E-state index contributed by atoms with van der Waals surface area (Å²) < 4.78 is 10.9. The number of ether oxygens (including phenoxy) is 2. The molecule has 1 atom stereocenters. The van der Waals surface area contributed by atoms with E-state index in [0.717, 1.165) is 16.3 Å². The normalized spacial score (nSPS) is 11.5. The minimum absolute atomic E-state index is 0.0335. The summed E-state index contributed by atoms with van der Waals surface area (Å²) in [6.45, 7) is 2.13. The Balaban J connectivity index is 1.45. The number of benzene rings is 4. The molecular weight excluding hydrogens is 454 g/mol. The predicted molar refractivity (Wildman–Crippen MR) is 143 cm³/mol. The third-order valence-electron chi connectivity index (χ3n) is 5.94. The van der Waals surface area contributed by atoms with Crippen molar-refractivity contribution in [2.75, 3.05) is 31.4 Å². The monoisotopic (exact) mass is 483 g/mol. The van der Waals surface area contributed by atoms with Gasteiger partial charge in [0.2, 0.25) is 5.91 Å². The fraction of sp³-hybridized carbons (Fsp3) is 0.172. The second-order valence-corrected chi connectivity index (χ2v) is 8.29. The Hall–Kier alpha value is -4.36. The lowest BCUT2D eigenvalue weighted by Gasteiger charge is -2.18. The summed E-state index contributed by atoms with van der Waals surface area (Å²) >= 11 is 0. The van der Waals surface area contributed by atoms with Crippen LogP contribution in [0.4, 0.5) is 11.4 Å². The molecule has 4 aromatic rings. The molecule has 0 saturated heterocycles. The third kappa shape index (κ3) is 5.64. The van der Waals surface area contributed by atoms with Crippen molar-refractivity contribution in [3.8, 4) is 11.5 Å². The number of anilines is 2. The molecule has 0 bridgehead atoms. The topological polar surface area (TPSA) is 88.7 Å². The van der Waals surface area contributed by atoms with Gasteiger partial charge in [-0.15, -0.1) is 0 Å². The van der Waals surface area contributed by atoms with E-state index >= 15 is 0 Å². The molecule has 0 aliphatic rings. The Morgan fingerprint density at radius 1 is 0.778 bits per heavy atom. The van der Waals surface area contributed by atoms with E-state index in [1.165, 1.54) is 14.2 Å². The molecule has 7 nitrogen and oxygen atoms in total. The van der Waals surface area contributed by atoms with Gasteiger partial charge in [-0.3, -0.25) is 9.59 Å². The summed E-state index contributed by atoms with van der Waals surface area (Å²) in [6.07, 6.45) is 0. The first-order chi connectivity index (χ1) is 17.5. The Bertz CT molecular complexity index is 1370. The van der Waals surface area contributed by atoms with E-state index in [1.807, 2.05) is 31.2 Å². The Kier molecular flexibility index (Phi) is 7.82. The molecule has 0 spiro atoms. The number of nitrogens with one attached hydrogen (secondary N) is 3. The van der Waals surface area contributed by atoms with Gasteiger partial charge in [0.05, 0.1) is 32.1 Å². The van der Waals surface area contributed by atoms with Crippen molar-refractivity contribution in [2.45, 2.75) is 13.0 Å². The number of rotatable bonds is 9. The highest BCUT2D eigenvalue weighted by atomic mass is 16.5. The SMILES string of the molecule is COc1cc(NC(=O)c2ccccc2)c(OC)cc1NC(=O)CN[C@H](C)c1cccc2ccccc12. The zero-order valence-corrected chi connectivity index (χ0v) is 20.5. The molecule has 3 N–H and O–H groups in total.